The van der Waals surface area contributed by atoms with Gasteiger partial charge in [0.1, 0.15) is 0 Å². The van der Waals surface area contributed by atoms with Crippen LogP contribution >= 0.6 is 0 Å². The van der Waals surface area contributed by atoms with Crippen LogP contribution in [0.25, 0.3) is 66.1 Å². The van der Waals surface area contributed by atoms with Crippen molar-refractivity contribution in [3.63, 3.8) is 0 Å². The normalized spacial score (nSPS) is 14.5. The Labute approximate surface area is 445 Å². The molecule has 0 heterocycles. The van der Waals surface area contributed by atoms with Crippen molar-refractivity contribution in [1.29, 1.82) is 0 Å². The summed E-state index contributed by atoms with van der Waals surface area (Å²) in [5, 5.41) is 5.67. The van der Waals surface area contributed by atoms with E-state index >= 15 is 0 Å². The van der Waals surface area contributed by atoms with Gasteiger partial charge in [-0.15, -0.1) is 44.8 Å². The molecular weight excluding hydrogens is 936 g/mol. The molecule has 0 spiro atoms. The molecule has 2 radical (unpaired) electrons. The summed E-state index contributed by atoms with van der Waals surface area (Å²) >= 11 is 0. The summed E-state index contributed by atoms with van der Waals surface area (Å²) in [4.78, 5) is 0. The molecule has 0 atom stereocenters. The summed E-state index contributed by atoms with van der Waals surface area (Å²) in [6, 6.07) is 47.3. The van der Waals surface area contributed by atoms with Crippen LogP contribution in [0.15, 0.2) is 121 Å². The second-order valence-corrected chi connectivity index (χ2v) is 22.8. The van der Waals surface area contributed by atoms with Crippen LogP contribution in [0.4, 0.5) is 0 Å². The van der Waals surface area contributed by atoms with Crippen molar-refractivity contribution in [3.8, 4) is 44.5 Å². The van der Waals surface area contributed by atoms with Crippen LogP contribution < -0.4 is 0 Å². The Morgan fingerprint density at radius 3 is 0.871 bits per heavy atom. The fraction of sp³-hybridized carbons (Fsp3) is 0.382. The van der Waals surface area contributed by atoms with Crippen molar-refractivity contribution in [2.75, 3.05) is 0 Å². The quantitative estimate of drug-likeness (QED) is 0.0808. The van der Waals surface area contributed by atoms with E-state index in [9.17, 15) is 0 Å². The predicted octanol–water partition coefficient (Wildman–Crippen LogP) is 20.1. The molecule has 0 saturated heterocycles. The molecule has 8 aromatic carbocycles. The van der Waals surface area contributed by atoms with Crippen molar-refractivity contribution in [2.45, 2.75) is 158 Å². The minimum absolute atomic E-state index is 0. The molecule has 2 aliphatic rings. The van der Waals surface area contributed by atoms with Gasteiger partial charge in [-0.25, -0.2) is 0 Å². The summed E-state index contributed by atoms with van der Waals surface area (Å²) < 4.78 is 0. The summed E-state index contributed by atoms with van der Waals surface area (Å²) in [6.45, 7) is 22.0. The van der Waals surface area contributed by atoms with Gasteiger partial charge in [-0.05, 0) is 91.2 Å². The predicted molar refractivity (Wildman–Crippen MR) is 306 cm³/mol. The molecule has 360 valence electrons. The van der Waals surface area contributed by atoms with Gasteiger partial charge in [0, 0.05) is 9.52 Å². The molecule has 10 rings (SSSR count). The average molecular weight is 1020 g/mol. The molecule has 2 fully saturated rings. The molecule has 2 heteroatoms. The second-order valence-electron chi connectivity index (χ2n) is 21.8. The van der Waals surface area contributed by atoms with Crippen LogP contribution in [-0.2, 0) is 39.0 Å². The number of aryl methyl sites for hydroxylation is 8. The van der Waals surface area contributed by atoms with Crippen molar-refractivity contribution >= 4 is 31.1 Å². The Hall–Kier alpha value is -4.36. The number of benzene rings is 6. The van der Waals surface area contributed by atoms with Gasteiger partial charge in [0.2, 0.25) is 0 Å². The number of hydrogen-bond donors (Lipinski definition) is 0. The summed E-state index contributed by atoms with van der Waals surface area (Å²) in [7, 11) is 1.08. The van der Waals surface area contributed by atoms with E-state index in [0.29, 0.717) is 0 Å². The average Bonchev–Trinajstić information content (AvgIpc) is 3.69. The molecule has 2 aliphatic carbocycles. The van der Waals surface area contributed by atoms with Gasteiger partial charge in [0.15, 0.2) is 0 Å². The Morgan fingerprint density at radius 2 is 0.600 bits per heavy atom. The van der Waals surface area contributed by atoms with E-state index in [1.165, 1.54) is 212 Å². The fourth-order valence-corrected chi connectivity index (χ4v) is 12.3. The Balaban J connectivity index is 0.000000193. The zero-order valence-electron chi connectivity index (χ0n) is 44.6. The molecular formula is C68H80SiZr. The summed E-state index contributed by atoms with van der Waals surface area (Å²) in [5.74, 6) is 1.69. The van der Waals surface area contributed by atoms with Gasteiger partial charge in [-0.3, -0.25) is 0 Å². The molecule has 2 saturated carbocycles. The van der Waals surface area contributed by atoms with E-state index in [2.05, 4.69) is 190 Å². The van der Waals surface area contributed by atoms with Gasteiger partial charge < -0.3 is 0 Å². The van der Waals surface area contributed by atoms with Crippen LogP contribution in [0.2, 0.25) is 13.1 Å². The minimum Gasteiger partial charge on any atom is -0.164 e. The van der Waals surface area contributed by atoms with Crippen LogP contribution in [0, 0.1) is 67.2 Å². The first kappa shape index (κ1) is 53.4. The van der Waals surface area contributed by atoms with Crippen LogP contribution in [-0.4, -0.2) is 9.52 Å². The summed E-state index contributed by atoms with van der Waals surface area (Å²) in [6.07, 6.45) is 19.4. The van der Waals surface area contributed by atoms with E-state index < -0.39 is 0 Å². The third kappa shape index (κ3) is 13.6. The number of fused-ring (bicyclic) bond motifs is 2. The van der Waals surface area contributed by atoms with Gasteiger partial charge in [0.25, 0.3) is 0 Å². The van der Waals surface area contributed by atoms with E-state index in [1.807, 2.05) is 0 Å². The third-order valence-electron chi connectivity index (χ3n) is 15.0. The zero-order valence-corrected chi connectivity index (χ0v) is 48.1. The van der Waals surface area contributed by atoms with E-state index in [-0.39, 0.29) is 26.2 Å². The maximum atomic E-state index is 2.51. The van der Waals surface area contributed by atoms with Gasteiger partial charge in [-0.2, -0.15) is 12.1 Å². The Morgan fingerprint density at radius 1 is 0.357 bits per heavy atom. The largest absolute Gasteiger partial charge is 2.00 e. The van der Waals surface area contributed by atoms with Gasteiger partial charge >= 0.3 is 26.2 Å². The first-order valence-corrected chi connectivity index (χ1v) is 28.7. The third-order valence-corrected chi connectivity index (χ3v) is 15.0. The summed E-state index contributed by atoms with van der Waals surface area (Å²) in [5.41, 5.74) is 24.6. The molecule has 70 heavy (non-hydrogen) atoms. The molecule has 0 N–H and O–H groups in total. The monoisotopic (exact) mass is 1010 g/mol. The van der Waals surface area contributed by atoms with E-state index in [4.69, 9.17) is 0 Å². The fourth-order valence-electron chi connectivity index (χ4n) is 12.3. The topological polar surface area (TPSA) is 0 Å². The van der Waals surface area contributed by atoms with Crippen molar-refractivity contribution in [3.05, 3.63) is 177 Å². The number of rotatable bonds is 8. The Kier molecular flexibility index (Phi) is 19.0. The second kappa shape index (κ2) is 24.9. The zero-order chi connectivity index (χ0) is 48.6. The standard InChI is InChI=1S/2C33H37.C2H6Si.Zr/c2*1-22-13-23(2)16-28(15-22)30-11-12-31(29-17-24(3)14-25(4)18-29)33-21-27(20-32(30)33)19-26-9-7-5-6-8-10-26;1-3-2;/h2*11-18,20-21,26H,5-10,19H2,1-4H3;1-2H3;/q2*-1;;+2. The van der Waals surface area contributed by atoms with Crippen LogP contribution in [0.1, 0.15) is 133 Å². The van der Waals surface area contributed by atoms with E-state index in [0.717, 1.165) is 21.4 Å². The molecule has 8 aromatic rings. The molecule has 0 bridgehead atoms. The van der Waals surface area contributed by atoms with Gasteiger partial charge in [0.05, 0.1) is 0 Å². The molecule has 0 nitrogen and oxygen atoms in total. The van der Waals surface area contributed by atoms with Crippen molar-refractivity contribution in [2.24, 2.45) is 11.8 Å². The van der Waals surface area contributed by atoms with Crippen molar-refractivity contribution in [1.82, 2.24) is 0 Å². The maximum absolute atomic E-state index is 2.51. The minimum atomic E-state index is 0. The smallest absolute Gasteiger partial charge is 0.164 e. The van der Waals surface area contributed by atoms with Crippen molar-refractivity contribution < 1.29 is 26.2 Å². The number of hydrogen-bond acceptors (Lipinski definition) is 0. The first-order chi connectivity index (χ1) is 33.3. The molecule has 0 amide bonds. The van der Waals surface area contributed by atoms with Crippen LogP contribution in [0.5, 0.6) is 0 Å². The molecule has 0 aromatic heterocycles. The SMILES string of the molecule is C[Si]C.Cc1cc(C)cc(-c2ccc(-c3cc(C)cc(C)c3)c3[cH-]c(CC4CCCCCC4)cc23)c1.Cc1cc(C)cc(-c2ccc(-c3cc(C)cc(C)c3)c3[cH-]c(CC4CCCCCC4)cc23)c1.[Zr+2]. The van der Waals surface area contributed by atoms with Gasteiger partial charge in [-0.1, -0.05) is 265 Å². The first-order valence-electron chi connectivity index (χ1n) is 26.7. The molecule has 0 unspecified atom stereocenters. The Bertz CT molecular complexity index is 2530. The van der Waals surface area contributed by atoms with E-state index in [1.54, 1.807) is 0 Å². The molecule has 0 aliphatic heterocycles. The van der Waals surface area contributed by atoms with Crippen LogP contribution in [0.3, 0.4) is 0 Å². The maximum Gasteiger partial charge on any atom is 2.00 e.